The largest absolute Gasteiger partial charge is 0.445 e. The number of pyridine rings is 1. The lowest BCUT2D eigenvalue weighted by atomic mass is 9.78. The van der Waals surface area contributed by atoms with Gasteiger partial charge in [-0.05, 0) is 54.5 Å². The Bertz CT molecular complexity index is 1480. The first kappa shape index (κ1) is 31.3. The number of alkyl halides is 3. The highest BCUT2D eigenvalue weighted by molar-refractivity contribution is 5.86. The molecule has 2 amide bonds. The Kier molecular flexibility index (Phi) is 8.74. The molecule has 2 saturated heterocycles. The number of likely N-dealkylation sites (tertiary alicyclic amines) is 1. The summed E-state index contributed by atoms with van der Waals surface area (Å²) >= 11 is 0. The Morgan fingerprint density at radius 1 is 1.27 bits per heavy atom. The van der Waals surface area contributed by atoms with Gasteiger partial charge in [-0.1, -0.05) is 12.1 Å². The first-order chi connectivity index (χ1) is 21.6. The molecule has 1 aromatic carbocycles. The minimum atomic E-state index is -4.53. The third-order valence-corrected chi connectivity index (χ3v) is 9.69. The summed E-state index contributed by atoms with van der Waals surface area (Å²) in [6.45, 7) is 1.91. The molecule has 240 valence electrons. The molecule has 5 unspecified atom stereocenters. The van der Waals surface area contributed by atoms with Crippen molar-refractivity contribution in [3.05, 3.63) is 64.5 Å². The highest BCUT2D eigenvalue weighted by atomic mass is 19.4. The number of benzene rings is 1. The lowest BCUT2D eigenvalue weighted by Gasteiger charge is -2.37. The fourth-order valence-corrected chi connectivity index (χ4v) is 7.44. The second-order valence-corrected chi connectivity index (χ2v) is 12.5. The molecule has 4 heterocycles. The molecule has 1 saturated carbocycles. The summed E-state index contributed by atoms with van der Waals surface area (Å²) in [6.07, 6.45) is -2.11. The number of carbonyl (C=O) groups excluding carboxylic acids is 2. The maximum absolute atomic E-state index is 14.5. The van der Waals surface area contributed by atoms with Crippen molar-refractivity contribution in [2.24, 2.45) is 11.3 Å². The molecule has 3 aliphatic heterocycles. The average molecular weight is 628 g/mol. The first-order valence-electron chi connectivity index (χ1n) is 15.2. The number of aromatic nitrogens is 1. The Morgan fingerprint density at radius 3 is 2.89 bits per heavy atom. The number of nitrogens with one attached hydrogen (secondary N) is 1. The van der Waals surface area contributed by atoms with Crippen molar-refractivity contribution >= 4 is 12.0 Å². The maximum atomic E-state index is 14.5. The van der Waals surface area contributed by atoms with Crippen molar-refractivity contribution in [3.8, 4) is 6.07 Å². The molecule has 2 aromatic rings. The summed E-state index contributed by atoms with van der Waals surface area (Å²) in [5, 5.41) is 12.9. The second kappa shape index (κ2) is 12.6. The van der Waals surface area contributed by atoms with E-state index in [0.29, 0.717) is 68.0 Å². The molecule has 1 N–H and O–H groups in total. The molecular formula is C32H36F3N5O5. The van der Waals surface area contributed by atoms with E-state index in [1.54, 1.807) is 41.2 Å². The summed E-state index contributed by atoms with van der Waals surface area (Å²) in [5.41, 5.74) is 0.343. The topological polar surface area (TPSA) is 117 Å². The van der Waals surface area contributed by atoms with Crippen LogP contribution in [0, 0.1) is 22.7 Å². The number of halogens is 3. The van der Waals surface area contributed by atoms with Crippen LogP contribution in [0.3, 0.4) is 0 Å². The summed E-state index contributed by atoms with van der Waals surface area (Å²) in [5.74, 6) is -0.328. The predicted octanol–water partition coefficient (Wildman–Crippen LogP) is 3.67. The summed E-state index contributed by atoms with van der Waals surface area (Å²) in [6, 6.07) is 10.0. The van der Waals surface area contributed by atoms with Gasteiger partial charge in [0.25, 0.3) is 0 Å². The van der Waals surface area contributed by atoms with Crippen molar-refractivity contribution in [1.29, 1.82) is 5.26 Å². The van der Waals surface area contributed by atoms with Crippen LogP contribution in [-0.4, -0.2) is 84.9 Å². The molecule has 0 spiro atoms. The number of fused-ring (bicyclic) bond motifs is 2. The van der Waals surface area contributed by atoms with E-state index < -0.39 is 23.2 Å². The normalized spacial score (nSPS) is 27.9. The van der Waals surface area contributed by atoms with Gasteiger partial charge in [-0.3, -0.25) is 9.78 Å². The minimum absolute atomic E-state index is 0.0119. The molecule has 6 rings (SSSR count). The van der Waals surface area contributed by atoms with Crippen LogP contribution in [0.1, 0.15) is 47.2 Å². The van der Waals surface area contributed by atoms with Crippen LogP contribution in [0.4, 0.5) is 18.0 Å². The van der Waals surface area contributed by atoms with Gasteiger partial charge in [-0.2, -0.15) is 18.4 Å². The zero-order valence-corrected chi connectivity index (χ0v) is 25.0. The molecule has 5 atom stereocenters. The van der Waals surface area contributed by atoms with Gasteiger partial charge in [0.2, 0.25) is 5.91 Å². The number of amides is 2. The molecule has 0 radical (unpaired) electrons. The smallest absolute Gasteiger partial charge is 0.417 e. The van der Waals surface area contributed by atoms with Crippen molar-refractivity contribution in [2.45, 2.75) is 63.2 Å². The number of rotatable bonds is 6. The van der Waals surface area contributed by atoms with Gasteiger partial charge in [-0.15, -0.1) is 0 Å². The number of nitriles is 1. The number of carbonyl (C=O) groups is 2. The Morgan fingerprint density at radius 2 is 2.11 bits per heavy atom. The highest BCUT2D eigenvalue weighted by Crippen LogP contribution is 2.51. The molecule has 13 heteroatoms. The van der Waals surface area contributed by atoms with E-state index in [9.17, 15) is 28.0 Å². The van der Waals surface area contributed by atoms with Crippen LogP contribution in [-0.2, 0) is 44.8 Å². The quantitative estimate of drug-likeness (QED) is 0.516. The summed E-state index contributed by atoms with van der Waals surface area (Å²) < 4.78 is 57.1. The number of methoxy groups -OCH3 is 1. The monoisotopic (exact) mass is 627 g/mol. The Balaban J connectivity index is 1.21. The fraction of sp³-hybridized carbons (Fsp3) is 0.562. The van der Waals surface area contributed by atoms with Gasteiger partial charge < -0.3 is 29.3 Å². The Labute approximate surface area is 259 Å². The fourth-order valence-electron chi connectivity index (χ4n) is 7.44. The van der Waals surface area contributed by atoms with Crippen LogP contribution in [0.2, 0.25) is 0 Å². The average Bonchev–Trinajstić information content (AvgIpc) is 3.57. The van der Waals surface area contributed by atoms with E-state index in [1.807, 2.05) is 0 Å². The van der Waals surface area contributed by atoms with Crippen LogP contribution < -0.4 is 5.32 Å². The first-order valence-corrected chi connectivity index (χ1v) is 15.2. The number of hydrogen-bond donors (Lipinski definition) is 1. The zero-order valence-electron chi connectivity index (χ0n) is 25.0. The highest BCUT2D eigenvalue weighted by Gasteiger charge is 2.60. The van der Waals surface area contributed by atoms with Crippen LogP contribution in [0.25, 0.3) is 0 Å². The second-order valence-electron chi connectivity index (χ2n) is 12.5. The summed E-state index contributed by atoms with van der Waals surface area (Å²) in [4.78, 5) is 35.0. The van der Waals surface area contributed by atoms with Gasteiger partial charge in [0.15, 0.2) is 0 Å². The van der Waals surface area contributed by atoms with Crippen LogP contribution in [0.5, 0.6) is 0 Å². The number of nitrogens with zero attached hydrogens (tertiary/aromatic N) is 4. The van der Waals surface area contributed by atoms with Gasteiger partial charge in [0.1, 0.15) is 6.61 Å². The molecule has 4 aliphatic rings. The van der Waals surface area contributed by atoms with Crippen molar-refractivity contribution in [1.82, 2.24) is 20.1 Å². The molecule has 10 nitrogen and oxygen atoms in total. The Hall–Kier alpha value is -3.73. The van der Waals surface area contributed by atoms with Crippen LogP contribution >= 0.6 is 0 Å². The van der Waals surface area contributed by atoms with E-state index in [4.69, 9.17) is 14.2 Å². The lowest BCUT2D eigenvalue weighted by Crippen LogP contribution is -2.52. The van der Waals surface area contributed by atoms with Gasteiger partial charge in [0, 0.05) is 70.3 Å². The molecule has 0 bridgehead atoms. The maximum Gasteiger partial charge on any atom is 0.417 e. The van der Waals surface area contributed by atoms with E-state index in [1.165, 1.54) is 0 Å². The predicted molar refractivity (Wildman–Crippen MR) is 153 cm³/mol. The standard InChI is InChI=1S/C32H36F3N5O5/c1-43-28-18-44-8-6-27(28)38-25-11-24-16-40(30(42)45-17-21-4-2-3-20(9-21)13-36)19-31(24,12-25)29(41)39-7-5-26-22(15-39)10-23(14-37-26)32(33,34)35/h2-4,9-10,14,24-25,27-28,38H,5-8,11-12,15-19H2,1H3. The lowest BCUT2D eigenvalue weighted by molar-refractivity contribution is -0.143. The van der Waals surface area contributed by atoms with E-state index in [0.717, 1.165) is 18.7 Å². The van der Waals surface area contributed by atoms with E-state index in [2.05, 4.69) is 16.4 Å². The van der Waals surface area contributed by atoms with Crippen molar-refractivity contribution < 1.29 is 37.0 Å². The third kappa shape index (κ3) is 6.36. The van der Waals surface area contributed by atoms with Crippen LogP contribution in [0.15, 0.2) is 36.5 Å². The minimum Gasteiger partial charge on any atom is -0.445 e. The van der Waals surface area contributed by atoms with Crippen molar-refractivity contribution in [3.63, 3.8) is 0 Å². The zero-order chi connectivity index (χ0) is 31.8. The summed E-state index contributed by atoms with van der Waals surface area (Å²) in [7, 11) is 1.65. The molecule has 3 fully saturated rings. The van der Waals surface area contributed by atoms with Crippen molar-refractivity contribution in [2.75, 3.05) is 40.0 Å². The molecule has 1 aromatic heterocycles. The molecule has 45 heavy (non-hydrogen) atoms. The molecule has 1 aliphatic carbocycles. The van der Waals surface area contributed by atoms with Gasteiger partial charge in [0.05, 0.1) is 35.3 Å². The van der Waals surface area contributed by atoms with E-state index in [-0.39, 0.29) is 49.7 Å². The molecular weight excluding hydrogens is 591 g/mol. The third-order valence-electron chi connectivity index (χ3n) is 9.69. The SMILES string of the molecule is COC1COCCC1NC1CC2CN(C(=O)OCc3cccc(C#N)c3)CC2(C(=O)N2CCc3ncc(C(F)(F)F)cc3C2)C1. The van der Waals surface area contributed by atoms with E-state index >= 15 is 0 Å². The van der Waals surface area contributed by atoms with Gasteiger partial charge >= 0.3 is 12.3 Å². The number of hydrogen-bond acceptors (Lipinski definition) is 8. The van der Waals surface area contributed by atoms with Gasteiger partial charge in [-0.25, -0.2) is 4.79 Å². The number of ether oxygens (including phenoxy) is 3.